The highest BCUT2D eigenvalue weighted by Gasteiger charge is 2.26. The fraction of sp³-hybridized carbons (Fsp3) is 0.357. The first-order valence-corrected chi connectivity index (χ1v) is 7.75. The molecule has 7 nitrogen and oxygen atoms in total. The third kappa shape index (κ3) is 2.30. The number of ether oxygens (including phenoxy) is 3. The van der Waals surface area contributed by atoms with Crippen molar-refractivity contribution in [2.24, 2.45) is 0 Å². The number of hydrogen-bond acceptors (Lipinski definition) is 7. The summed E-state index contributed by atoms with van der Waals surface area (Å²) < 4.78 is 18.5. The summed E-state index contributed by atoms with van der Waals surface area (Å²) >= 11 is 1.47. The molecule has 114 valence electrons. The maximum Gasteiger partial charge on any atom is 0.234 e. The first-order valence-electron chi connectivity index (χ1n) is 6.93. The van der Waals surface area contributed by atoms with Crippen LogP contribution in [0.2, 0.25) is 0 Å². The lowest BCUT2D eigenvalue weighted by Gasteiger charge is -2.24. The highest BCUT2D eigenvalue weighted by molar-refractivity contribution is 7.16. The van der Waals surface area contributed by atoms with E-state index in [0.717, 1.165) is 27.3 Å². The number of aromatic nitrogens is 4. The zero-order valence-electron chi connectivity index (χ0n) is 11.9. The van der Waals surface area contributed by atoms with Crippen LogP contribution in [0.1, 0.15) is 16.9 Å². The Morgan fingerprint density at radius 3 is 3.05 bits per heavy atom. The maximum absolute atomic E-state index is 5.97. The van der Waals surface area contributed by atoms with Crippen LogP contribution in [-0.4, -0.2) is 40.1 Å². The van der Waals surface area contributed by atoms with E-state index in [1.807, 2.05) is 24.3 Å². The third-order valence-corrected chi connectivity index (χ3v) is 4.38. The normalized spacial score (nSPS) is 17.0. The van der Waals surface area contributed by atoms with Crippen molar-refractivity contribution in [1.29, 1.82) is 0 Å². The van der Waals surface area contributed by atoms with E-state index in [1.165, 1.54) is 11.3 Å². The van der Waals surface area contributed by atoms with Gasteiger partial charge in [-0.05, 0) is 12.1 Å². The van der Waals surface area contributed by atoms with Crippen LogP contribution < -0.4 is 9.47 Å². The van der Waals surface area contributed by atoms with E-state index in [0.29, 0.717) is 19.6 Å². The number of para-hydroxylation sites is 2. The fourth-order valence-electron chi connectivity index (χ4n) is 2.29. The summed E-state index contributed by atoms with van der Waals surface area (Å²) in [5.41, 5.74) is 0. The first kappa shape index (κ1) is 13.5. The molecule has 1 aliphatic heterocycles. The molecule has 0 spiro atoms. The molecule has 0 aliphatic carbocycles. The second-order valence-corrected chi connectivity index (χ2v) is 5.85. The van der Waals surface area contributed by atoms with Gasteiger partial charge in [0.05, 0.1) is 6.61 Å². The largest absolute Gasteiger partial charge is 0.485 e. The van der Waals surface area contributed by atoms with Crippen molar-refractivity contribution in [3.05, 3.63) is 35.1 Å². The van der Waals surface area contributed by atoms with Gasteiger partial charge in [-0.1, -0.05) is 23.5 Å². The molecule has 22 heavy (non-hydrogen) atoms. The summed E-state index contributed by atoms with van der Waals surface area (Å²) in [7, 11) is 1.66. The van der Waals surface area contributed by atoms with E-state index in [9.17, 15) is 0 Å². The molecule has 0 unspecified atom stereocenters. The smallest absolute Gasteiger partial charge is 0.234 e. The van der Waals surface area contributed by atoms with Gasteiger partial charge >= 0.3 is 0 Å². The molecule has 1 aromatic carbocycles. The zero-order valence-corrected chi connectivity index (χ0v) is 12.7. The van der Waals surface area contributed by atoms with Crippen molar-refractivity contribution in [3.8, 4) is 11.5 Å². The molecule has 0 radical (unpaired) electrons. The van der Waals surface area contributed by atoms with E-state index in [-0.39, 0.29) is 6.10 Å². The summed E-state index contributed by atoms with van der Waals surface area (Å²) in [5, 5.41) is 13.7. The van der Waals surface area contributed by atoms with Crippen molar-refractivity contribution >= 4 is 16.3 Å². The number of rotatable bonds is 4. The predicted molar refractivity (Wildman–Crippen MR) is 79.5 cm³/mol. The Hall–Kier alpha value is -2.19. The minimum absolute atomic E-state index is 0.225. The van der Waals surface area contributed by atoms with Gasteiger partial charge < -0.3 is 14.2 Å². The Labute approximate surface area is 130 Å². The Balaban J connectivity index is 1.61. The highest BCUT2D eigenvalue weighted by Crippen LogP contribution is 2.36. The number of benzene rings is 1. The summed E-state index contributed by atoms with van der Waals surface area (Å²) in [6.45, 7) is 1.03. The number of methoxy groups -OCH3 is 1. The standard InChI is InChI=1S/C14H14N4O3S/c1-19-7-6-12-15-16-14-18(12)17-13(22-14)11-8-20-9-4-2-3-5-10(9)21-11/h2-5,11H,6-8H2,1H3/t11-/m1/s1. The molecule has 1 atom stereocenters. The van der Waals surface area contributed by atoms with Gasteiger partial charge in [0, 0.05) is 13.5 Å². The minimum atomic E-state index is -0.225. The Kier molecular flexibility index (Phi) is 3.39. The van der Waals surface area contributed by atoms with E-state index < -0.39 is 0 Å². The van der Waals surface area contributed by atoms with Gasteiger partial charge in [-0.25, -0.2) is 0 Å². The second kappa shape index (κ2) is 5.54. The predicted octanol–water partition coefficient (Wildman–Crippen LogP) is 1.89. The van der Waals surface area contributed by atoms with Gasteiger partial charge in [0.25, 0.3) is 0 Å². The van der Waals surface area contributed by atoms with Crippen LogP contribution >= 0.6 is 11.3 Å². The molecule has 4 rings (SSSR count). The highest BCUT2D eigenvalue weighted by atomic mass is 32.1. The topological polar surface area (TPSA) is 70.8 Å². The van der Waals surface area contributed by atoms with Gasteiger partial charge in [-0.3, -0.25) is 0 Å². The Morgan fingerprint density at radius 1 is 1.32 bits per heavy atom. The van der Waals surface area contributed by atoms with Gasteiger partial charge in [-0.15, -0.1) is 10.2 Å². The molecule has 0 bridgehead atoms. The van der Waals surface area contributed by atoms with Gasteiger partial charge in [0.1, 0.15) is 6.61 Å². The lowest BCUT2D eigenvalue weighted by atomic mass is 10.3. The van der Waals surface area contributed by atoms with E-state index in [2.05, 4.69) is 15.3 Å². The molecule has 3 aromatic rings. The molecule has 0 fully saturated rings. The van der Waals surface area contributed by atoms with E-state index in [1.54, 1.807) is 11.6 Å². The van der Waals surface area contributed by atoms with Gasteiger partial charge in [0.2, 0.25) is 4.96 Å². The molecule has 3 heterocycles. The van der Waals surface area contributed by atoms with Crippen molar-refractivity contribution < 1.29 is 14.2 Å². The van der Waals surface area contributed by atoms with Crippen LogP contribution in [0.15, 0.2) is 24.3 Å². The monoisotopic (exact) mass is 318 g/mol. The van der Waals surface area contributed by atoms with Crippen LogP contribution in [0.25, 0.3) is 4.96 Å². The zero-order chi connectivity index (χ0) is 14.9. The van der Waals surface area contributed by atoms with Crippen molar-refractivity contribution in [2.45, 2.75) is 12.5 Å². The second-order valence-electron chi connectivity index (χ2n) is 4.86. The lowest BCUT2D eigenvalue weighted by molar-refractivity contribution is 0.0904. The Bertz CT molecular complexity index is 800. The Morgan fingerprint density at radius 2 is 2.18 bits per heavy atom. The molecule has 0 N–H and O–H groups in total. The molecule has 1 aliphatic rings. The van der Waals surface area contributed by atoms with Gasteiger partial charge in [0.15, 0.2) is 28.4 Å². The number of nitrogens with zero attached hydrogens (tertiary/aromatic N) is 4. The molecule has 0 saturated heterocycles. The van der Waals surface area contributed by atoms with Crippen molar-refractivity contribution in [2.75, 3.05) is 20.3 Å². The maximum atomic E-state index is 5.97. The molecule has 0 saturated carbocycles. The number of hydrogen-bond donors (Lipinski definition) is 0. The van der Waals surface area contributed by atoms with Crippen LogP contribution in [0.3, 0.4) is 0 Å². The van der Waals surface area contributed by atoms with E-state index >= 15 is 0 Å². The van der Waals surface area contributed by atoms with Crippen molar-refractivity contribution in [3.63, 3.8) is 0 Å². The van der Waals surface area contributed by atoms with Crippen molar-refractivity contribution in [1.82, 2.24) is 19.8 Å². The molecule has 8 heteroatoms. The lowest BCUT2D eigenvalue weighted by Crippen LogP contribution is -2.21. The van der Waals surface area contributed by atoms with Crippen LogP contribution in [0, 0.1) is 0 Å². The summed E-state index contributed by atoms with van der Waals surface area (Å²) in [6.07, 6.45) is 0.447. The molecular weight excluding hydrogens is 304 g/mol. The molecular formula is C14H14N4O3S. The molecule has 0 amide bonds. The van der Waals surface area contributed by atoms with Crippen LogP contribution in [0.4, 0.5) is 0 Å². The SMILES string of the molecule is COCCc1nnc2sc([C@H]3COc4ccccc4O3)nn12. The first-order chi connectivity index (χ1) is 10.8. The van der Waals surface area contributed by atoms with Crippen LogP contribution in [0.5, 0.6) is 11.5 Å². The summed E-state index contributed by atoms with van der Waals surface area (Å²) in [5.74, 6) is 2.29. The average molecular weight is 318 g/mol. The number of fused-ring (bicyclic) bond motifs is 2. The van der Waals surface area contributed by atoms with Gasteiger partial charge in [-0.2, -0.15) is 9.61 Å². The summed E-state index contributed by atoms with van der Waals surface area (Å²) in [6, 6.07) is 7.64. The fourth-order valence-corrected chi connectivity index (χ4v) is 3.16. The minimum Gasteiger partial charge on any atom is -0.485 e. The quantitative estimate of drug-likeness (QED) is 0.731. The summed E-state index contributed by atoms with van der Waals surface area (Å²) in [4.78, 5) is 0.753. The molecule has 2 aromatic heterocycles. The average Bonchev–Trinajstić information content (AvgIpc) is 3.13. The van der Waals surface area contributed by atoms with Crippen LogP contribution in [-0.2, 0) is 11.2 Å². The third-order valence-electron chi connectivity index (χ3n) is 3.38. The van der Waals surface area contributed by atoms with E-state index in [4.69, 9.17) is 14.2 Å².